The summed E-state index contributed by atoms with van der Waals surface area (Å²) >= 11 is 0. The minimum absolute atomic E-state index is 0.0861. The third kappa shape index (κ3) is 2.68. The molecular weight excluding hydrogens is 200 g/mol. The fraction of sp³-hybridized carbons (Fsp3) is 0.385. The second kappa shape index (κ2) is 4.46. The van der Waals surface area contributed by atoms with Gasteiger partial charge in [0.2, 0.25) is 0 Å². The summed E-state index contributed by atoms with van der Waals surface area (Å²) in [5.74, 6) is -0.0861. The van der Waals surface area contributed by atoms with Crippen molar-refractivity contribution >= 4 is 5.78 Å². The van der Waals surface area contributed by atoms with E-state index in [1.54, 1.807) is 24.3 Å². The molecule has 1 atom stereocenters. The first-order chi connectivity index (χ1) is 7.36. The summed E-state index contributed by atoms with van der Waals surface area (Å²) in [5.41, 5.74) is 6.72. The van der Waals surface area contributed by atoms with Gasteiger partial charge in [-0.3, -0.25) is 4.79 Å². The van der Waals surface area contributed by atoms with Gasteiger partial charge in [-0.1, -0.05) is 32.9 Å². The van der Waals surface area contributed by atoms with Gasteiger partial charge in [-0.05, 0) is 17.5 Å². The van der Waals surface area contributed by atoms with Gasteiger partial charge in [-0.2, -0.15) is 5.26 Å². The molecule has 1 rings (SSSR count). The molecule has 0 aromatic heterocycles. The van der Waals surface area contributed by atoms with Crippen LogP contribution in [0.5, 0.6) is 0 Å². The zero-order valence-corrected chi connectivity index (χ0v) is 9.82. The number of Topliss-reactive ketones (excluding diaryl/α,β-unsaturated/α-hetero) is 1. The van der Waals surface area contributed by atoms with Crippen LogP contribution in [0.2, 0.25) is 0 Å². The molecule has 0 heterocycles. The minimum atomic E-state index is -0.527. The van der Waals surface area contributed by atoms with Gasteiger partial charge in [-0.25, -0.2) is 0 Å². The lowest BCUT2D eigenvalue weighted by Crippen LogP contribution is -2.42. The molecule has 0 unspecified atom stereocenters. The molecular formula is C13H16N2O. The summed E-state index contributed by atoms with van der Waals surface area (Å²) in [7, 11) is 0. The van der Waals surface area contributed by atoms with E-state index in [9.17, 15) is 4.79 Å². The predicted octanol–water partition coefficient (Wildman–Crippen LogP) is 2.11. The zero-order chi connectivity index (χ0) is 12.3. The largest absolute Gasteiger partial charge is 0.321 e. The molecule has 1 aromatic rings. The summed E-state index contributed by atoms with van der Waals surface area (Å²) in [4.78, 5) is 12.0. The highest BCUT2D eigenvalue weighted by molar-refractivity contribution is 6.00. The highest BCUT2D eigenvalue weighted by Gasteiger charge is 2.27. The normalized spacial score (nSPS) is 12.9. The summed E-state index contributed by atoms with van der Waals surface area (Å²) in [6.07, 6.45) is 0. The first-order valence-corrected chi connectivity index (χ1v) is 5.16. The Hall–Kier alpha value is -1.66. The summed E-state index contributed by atoms with van der Waals surface area (Å²) < 4.78 is 0. The molecule has 0 saturated carbocycles. The van der Waals surface area contributed by atoms with E-state index < -0.39 is 6.04 Å². The topological polar surface area (TPSA) is 66.9 Å². The Labute approximate surface area is 95.9 Å². The first-order valence-electron chi connectivity index (χ1n) is 5.16. The molecule has 1 aromatic carbocycles. The number of nitriles is 1. The third-order valence-corrected chi connectivity index (χ3v) is 2.51. The number of hydrogen-bond acceptors (Lipinski definition) is 3. The van der Waals surface area contributed by atoms with Gasteiger partial charge >= 0.3 is 0 Å². The standard InChI is InChI=1S/C13H16N2O/c1-13(2,3)12(15)11(16)10-6-4-9(8-14)5-7-10/h4-7,12H,15H2,1-3H3/t12-/m1/s1. The number of hydrogen-bond donors (Lipinski definition) is 1. The summed E-state index contributed by atoms with van der Waals surface area (Å²) in [6, 6.07) is 8.03. The average molecular weight is 216 g/mol. The number of benzene rings is 1. The maximum absolute atomic E-state index is 12.0. The van der Waals surface area contributed by atoms with Gasteiger partial charge in [-0.15, -0.1) is 0 Å². The van der Waals surface area contributed by atoms with E-state index in [4.69, 9.17) is 11.0 Å². The van der Waals surface area contributed by atoms with E-state index in [1.807, 2.05) is 26.8 Å². The lowest BCUT2D eigenvalue weighted by atomic mass is 9.83. The Morgan fingerprint density at radius 3 is 2.19 bits per heavy atom. The van der Waals surface area contributed by atoms with E-state index >= 15 is 0 Å². The number of carbonyl (C=O) groups excluding carboxylic acids is 1. The van der Waals surface area contributed by atoms with Crippen molar-refractivity contribution < 1.29 is 4.79 Å². The van der Waals surface area contributed by atoms with Crippen molar-refractivity contribution in [3.63, 3.8) is 0 Å². The fourth-order valence-corrected chi connectivity index (χ4v) is 1.28. The van der Waals surface area contributed by atoms with Crippen LogP contribution in [-0.4, -0.2) is 11.8 Å². The van der Waals surface area contributed by atoms with Crippen LogP contribution in [0.15, 0.2) is 24.3 Å². The monoisotopic (exact) mass is 216 g/mol. The van der Waals surface area contributed by atoms with Crippen molar-refractivity contribution in [2.24, 2.45) is 11.1 Å². The lowest BCUT2D eigenvalue weighted by molar-refractivity contribution is 0.0901. The average Bonchev–Trinajstić information content (AvgIpc) is 2.26. The third-order valence-electron chi connectivity index (χ3n) is 2.51. The molecule has 3 heteroatoms. The molecule has 0 aliphatic rings. The Kier molecular flexibility index (Phi) is 3.46. The lowest BCUT2D eigenvalue weighted by Gasteiger charge is -2.25. The van der Waals surface area contributed by atoms with Crippen molar-refractivity contribution in [1.82, 2.24) is 0 Å². The predicted molar refractivity (Wildman–Crippen MR) is 62.9 cm³/mol. The molecule has 0 fully saturated rings. The highest BCUT2D eigenvalue weighted by Crippen LogP contribution is 2.20. The SMILES string of the molecule is CC(C)(C)[C@H](N)C(=O)c1ccc(C#N)cc1. The molecule has 0 spiro atoms. The second-order valence-corrected chi connectivity index (χ2v) is 4.90. The van der Waals surface area contributed by atoms with Crippen LogP contribution in [0.25, 0.3) is 0 Å². The van der Waals surface area contributed by atoms with E-state index in [0.29, 0.717) is 11.1 Å². The fourth-order valence-electron chi connectivity index (χ4n) is 1.28. The van der Waals surface area contributed by atoms with Gasteiger partial charge in [0, 0.05) is 5.56 Å². The maximum atomic E-state index is 12.0. The maximum Gasteiger partial charge on any atom is 0.180 e. The van der Waals surface area contributed by atoms with Crippen molar-refractivity contribution in [2.75, 3.05) is 0 Å². The molecule has 0 radical (unpaired) electrons. The van der Waals surface area contributed by atoms with Gasteiger partial charge in [0.25, 0.3) is 0 Å². The van der Waals surface area contributed by atoms with Crippen LogP contribution in [0.4, 0.5) is 0 Å². The van der Waals surface area contributed by atoms with Crippen molar-refractivity contribution in [3.05, 3.63) is 35.4 Å². The van der Waals surface area contributed by atoms with E-state index in [2.05, 4.69) is 0 Å². The quantitative estimate of drug-likeness (QED) is 0.770. The Morgan fingerprint density at radius 1 is 1.31 bits per heavy atom. The molecule has 84 valence electrons. The molecule has 3 nitrogen and oxygen atoms in total. The van der Waals surface area contributed by atoms with Crippen LogP contribution in [0.1, 0.15) is 36.7 Å². The van der Waals surface area contributed by atoms with Crippen LogP contribution >= 0.6 is 0 Å². The number of carbonyl (C=O) groups is 1. The first kappa shape index (κ1) is 12.4. The second-order valence-electron chi connectivity index (χ2n) is 4.90. The molecule has 16 heavy (non-hydrogen) atoms. The molecule has 0 aliphatic carbocycles. The molecule has 0 amide bonds. The molecule has 0 bridgehead atoms. The number of nitrogens with zero attached hydrogens (tertiary/aromatic N) is 1. The molecule has 0 saturated heterocycles. The van der Waals surface area contributed by atoms with Gasteiger partial charge in [0.15, 0.2) is 5.78 Å². The molecule has 0 aliphatic heterocycles. The Morgan fingerprint density at radius 2 is 1.81 bits per heavy atom. The highest BCUT2D eigenvalue weighted by atomic mass is 16.1. The minimum Gasteiger partial charge on any atom is -0.321 e. The van der Waals surface area contributed by atoms with E-state index in [0.717, 1.165) is 0 Å². The van der Waals surface area contributed by atoms with E-state index in [-0.39, 0.29) is 11.2 Å². The van der Waals surface area contributed by atoms with Crippen molar-refractivity contribution in [1.29, 1.82) is 5.26 Å². The number of rotatable bonds is 2. The summed E-state index contributed by atoms with van der Waals surface area (Å²) in [6.45, 7) is 5.79. The van der Waals surface area contributed by atoms with Gasteiger partial charge in [0.05, 0.1) is 17.7 Å². The zero-order valence-electron chi connectivity index (χ0n) is 9.82. The van der Waals surface area contributed by atoms with Crippen molar-refractivity contribution in [2.45, 2.75) is 26.8 Å². The van der Waals surface area contributed by atoms with Gasteiger partial charge in [0.1, 0.15) is 0 Å². The van der Waals surface area contributed by atoms with E-state index in [1.165, 1.54) is 0 Å². The van der Waals surface area contributed by atoms with Crippen LogP contribution < -0.4 is 5.73 Å². The van der Waals surface area contributed by atoms with Crippen molar-refractivity contribution in [3.8, 4) is 6.07 Å². The smallest absolute Gasteiger partial charge is 0.180 e. The Balaban J connectivity index is 2.94. The van der Waals surface area contributed by atoms with Crippen LogP contribution in [-0.2, 0) is 0 Å². The number of ketones is 1. The summed E-state index contributed by atoms with van der Waals surface area (Å²) in [5, 5.41) is 8.65. The van der Waals surface area contributed by atoms with Crippen LogP contribution in [0.3, 0.4) is 0 Å². The Bertz CT molecular complexity index is 421. The number of nitrogens with two attached hydrogens (primary N) is 1. The van der Waals surface area contributed by atoms with Gasteiger partial charge < -0.3 is 5.73 Å². The van der Waals surface area contributed by atoms with Crippen LogP contribution in [0, 0.1) is 16.7 Å². The molecule has 2 N–H and O–H groups in total.